The molecular formula is C21H26N6O2. The van der Waals surface area contributed by atoms with Gasteiger partial charge in [0.2, 0.25) is 6.41 Å². The Morgan fingerprint density at radius 1 is 1.17 bits per heavy atom. The molecule has 0 spiro atoms. The van der Waals surface area contributed by atoms with Crippen LogP contribution in [0.5, 0.6) is 0 Å². The van der Waals surface area contributed by atoms with Gasteiger partial charge in [-0.05, 0) is 48.9 Å². The van der Waals surface area contributed by atoms with E-state index in [1.807, 2.05) is 38.4 Å². The highest BCUT2D eigenvalue weighted by atomic mass is 16.1. The van der Waals surface area contributed by atoms with Crippen LogP contribution in [-0.2, 0) is 9.59 Å². The van der Waals surface area contributed by atoms with Crippen LogP contribution in [0.2, 0.25) is 0 Å². The van der Waals surface area contributed by atoms with Crippen molar-refractivity contribution < 1.29 is 9.59 Å². The number of hydrogen-bond acceptors (Lipinski definition) is 7. The Morgan fingerprint density at radius 2 is 1.90 bits per heavy atom. The zero-order valence-corrected chi connectivity index (χ0v) is 16.8. The van der Waals surface area contributed by atoms with Gasteiger partial charge in [0.15, 0.2) is 0 Å². The predicted molar refractivity (Wildman–Crippen MR) is 115 cm³/mol. The van der Waals surface area contributed by atoms with Crippen molar-refractivity contribution in [2.75, 3.05) is 25.1 Å². The van der Waals surface area contributed by atoms with E-state index in [1.165, 1.54) is 0 Å². The summed E-state index contributed by atoms with van der Waals surface area (Å²) in [5.74, 6) is 1.74. The second kappa shape index (κ2) is 10.7. The van der Waals surface area contributed by atoms with E-state index in [1.54, 1.807) is 19.4 Å². The Hall–Kier alpha value is -3.55. The van der Waals surface area contributed by atoms with Crippen molar-refractivity contribution in [3.05, 3.63) is 42.4 Å². The van der Waals surface area contributed by atoms with Crippen molar-refractivity contribution in [2.45, 2.75) is 19.8 Å². The highest BCUT2D eigenvalue weighted by Gasteiger charge is 2.18. The highest BCUT2D eigenvalue weighted by Crippen LogP contribution is 2.28. The smallest absolute Gasteiger partial charge is 0.206 e. The molecule has 3 aromatic rings. The predicted octanol–water partition coefficient (Wildman–Crippen LogP) is 2.58. The molecule has 1 saturated carbocycles. The lowest BCUT2D eigenvalue weighted by atomic mass is 10.1. The molecule has 1 fully saturated rings. The summed E-state index contributed by atoms with van der Waals surface area (Å²) in [4.78, 5) is 31.5. The summed E-state index contributed by atoms with van der Waals surface area (Å²) >= 11 is 0. The quantitative estimate of drug-likeness (QED) is 0.581. The largest absolute Gasteiger partial charge is 0.383 e. The Labute approximate surface area is 170 Å². The van der Waals surface area contributed by atoms with Crippen molar-refractivity contribution in [1.82, 2.24) is 20.3 Å². The number of pyridine rings is 3. The van der Waals surface area contributed by atoms with Gasteiger partial charge in [0, 0.05) is 49.6 Å². The Kier molecular flexibility index (Phi) is 8.02. The number of nitrogen functional groups attached to an aromatic ring is 1. The number of aromatic nitrogens is 3. The number of carbonyl (C=O) groups excluding carboxylic acids is 2. The molecule has 1 aliphatic rings. The van der Waals surface area contributed by atoms with E-state index in [4.69, 9.17) is 10.5 Å². The fourth-order valence-electron chi connectivity index (χ4n) is 2.41. The normalized spacial score (nSPS) is 12.0. The van der Waals surface area contributed by atoms with Gasteiger partial charge >= 0.3 is 0 Å². The number of nitrogens with one attached hydrogen (secondary N) is 2. The SMILES string of the molecule is CNC=O.CNc1cc2cc(-c3cnccc3C)nc(N)c2cn1.O=CC1CC1. The van der Waals surface area contributed by atoms with Crippen LogP contribution in [0.3, 0.4) is 0 Å². The number of carbonyl (C=O) groups is 2. The average Bonchev–Trinajstić information content (AvgIpc) is 3.59. The summed E-state index contributed by atoms with van der Waals surface area (Å²) in [7, 11) is 3.40. The van der Waals surface area contributed by atoms with Gasteiger partial charge in [-0.25, -0.2) is 9.97 Å². The van der Waals surface area contributed by atoms with Gasteiger partial charge in [0.05, 0.1) is 5.69 Å². The van der Waals surface area contributed by atoms with Crippen LogP contribution in [0.4, 0.5) is 11.6 Å². The summed E-state index contributed by atoms with van der Waals surface area (Å²) in [5, 5.41) is 7.14. The first-order valence-corrected chi connectivity index (χ1v) is 9.25. The first kappa shape index (κ1) is 21.7. The molecule has 8 heteroatoms. The van der Waals surface area contributed by atoms with Gasteiger partial charge in [0.25, 0.3) is 0 Å². The van der Waals surface area contributed by atoms with Gasteiger partial charge in [-0.1, -0.05) is 0 Å². The summed E-state index contributed by atoms with van der Waals surface area (Å²) < 4.78 is 0. The third kappa shape index (κ3) is 6.24. The maximum Gasteiger partial charge on any atom is 0.206 e. The Balaban J connectivity index is 0.000000277. The maximum absolute atomic E-state index is 9.57. The Bertz CT molecular complexity index is 973. The lowest BCUT2D eigenvalue weighted by Crippen LogP contribution is -1.98. The molecule has 1 aliphatic carbocycles. The van der Waals surface area contributed by atoms with Gasteiger partial charge in [-0.2, -0.15) is 0 Å². The maximum atomic E-state index is 9.57. The molecule has 4 N–H and O–H groups in total. The van der Waals surface area contributed by atoms with Crippen LogP contribution >= 0.6 is 0 Å². The topological polar surface area (TPSA) is 123 Å². The van der Waals surface area contributed by atoms with Gasteiger partial charge in [0.1, 0.15) is 17.9 Å². The van der Waals surface area contributed by atoms with Crippen LogP contribution in [0.1, 0.15) is 18.4 Å². The first-order valence-electron chi connectivity index (χ1n) is 9.25. The monoisotopic (exact) mass is 394 g/mol. The van der Waals surface area contributed by atoms with Crippen molar-refractivity contribution in [3.8, 4) is 11.3 Å². The minimum absolute atomic E-state index is 0.454. The fourth-order valence-corrected chi connectivity index (χ4v) is 2.41. The zero-order valence-electron chi connectivity index (χ0n) is 16.8. The molecular weight excluding hydrogens is 368 g/mol. The average molecular weight is 394 g/mol. The number of aldehydes is 1. The molecule has 3 heterocycles. The van der Waals surface area contributed by atoms with Crippen LogP contribution in [0.25, 0.3) is 22.0 Å². The minimum Gasteiger partial charge on any atom is -0.383 e. The van der Waals surface area contributed by atoms with Crippen molar-refractivity contribution in [2.24, 2.45) is 5.92 Å². The van der Waals surface area contributed by atoms with E-state index >= 15 is 0 Å². The number of amides is 1. The summed E-state index contributed by atoms with van der Waals surface area (Å²) in [6.45, 7) is 2.03. The molecule has 1 amide bonds. The van der Waals surface area contributed by atoms with E-state index in [-0.39, 0.29) is 0 Å². The number of fused-ring (bicyclic) bond motifs is 1. The molecule has 4 rings (SSSR count). The molecule has 0 bridgehead atoms. The minimum atomic E-state index is 0.454. The lowest BCUT2D eigenvalue weighted by Gasteiger charge is -2.09. The second-order valence-electron chi connectivity index (χ2n) is 6.50. The van der Waals surface area contributed by atoms with E-state index in [9.17, 15) is 4.79 Å². The summed E-state index contributed by atoms with van der Waals surface area (Å²) in [6.07, 6.45) is 9.26. The number of rotatable bonds is 4. The molecule has 0 aromatic carbocycles. The van der Waals surface area contributed by atoms with Gasteiger partial charge < -0.3 is 21.2 Å². The van der Waals surface area contributed by atoms with E-state index in [0.29, 0.717) is 18.1 Å². The van der Waals surface area contributed by atoms with Gasteiger partial charge in [-0.15, -0.1) is 0 Å². The van der Waals surface area contributed by atoms with Crippen LogP contribution < -0.4 is 16.4 Å². The molecule has 3 aromatic heterocycles. The molecule has 0 unspecified atom stereocenters. The van der Waals surface area contributed by atoms with Crippen molar-refractivity contribution in [3.63, 3.8) is 0 Å². The molecule has 0 radical (unpaired) electrons. The van der Waals surface area contributed by atoms with Crippen molar-refractivity contribution in [1.29, 1.82) is 0 Å². The summed E-state index contributed by atoms with van der Waals surface area (Å²) in [6, 6.07) is 5.93. The first-order chi connectivity index (χ1) is 14.0. The van der Waals surface area contributed by atoms with E-state index < -0.39 is 0 Å². The van der Waals surface area contributed by atoms with Gasteiger partial charge in [-0.3, -0.25) is 9.78 Å². The Morgan fingerprint density at radius 3 is 2.41 bits per heavy atom. The number of nitrogens with two attached hydrogens (primary N) is 1. The number of anilines is 2. The van der Waals surface area contributed by atoms with E-state index in [2.05, 4.69) is 25.6 Å². The fraction of sp³-hybridized carbons (Fsp3) is 0.286. The number of nitrogens with zero attached hydrogens (tertiary/aromatic N) is 3. The third-order valence-electron chi connectivity index (χ3n) is 4.25. The summed E-state index contributed by atoms with van der Waals surface area (Å²) in [5.41, 5.74) is 8.98. The van der Waals surface area contributed by atoms with Crippen LogP contribution in [0, 0.1) is 12.8 Å². The number of aryl methyl sites for hydroxylation is 1. The second-order valence-corrected chi connectivity index (χ2v) is 6.50. The molecule has 0 aliphatic heterocycles. The molecule has 29 heavy (non-hydrogen) atoms. The molecule has 0 saturated heterocycles. The molecule has 8 nitrogen and oxygen atoms in total. The highest BCUT2D eigenvalue weighted by molar-refractivity contribution is 5.94. The molecule has 0 atom stereocenters. The zero-order chi connectivity index (χ0) is 21.2. The standard InChI is InChI=1S/C15H15N5.C4H6O.C2H5NO/c1-9-3-4-18-7-11(9)13-5-10-6-14(17-2)19-8-12(10)15(16)20-13;5-3-4-1-2-4;1-3-2-4/h3-8H,1-2H3,(H2,16,20)(H,17,19);3-4H,1-2H2;2H,1H3,(H,3,4). The van der Waals surface area contributed by atoms with E-state index in [0.717, 1.165) is 52.5 Å². The van der Waals surface area contributed by atoms with Crippen LogP contribution in [-0.4, -0.2) is 41.7 Å². The third-order valence-corrected chi connectivity index (χ3v) is 4.25. The number of hydrogen-bond donors (Lipinski definition) is 3. The lowest BCUT2D eigenvalue weighted by molar-refractivity contribution is -0.109. The van der Waals surface area contributed by atoms with Crippen LogP contribution in [0.15, 0.2) is 36.8 Å². The molecule has 152 valence electrons. The van der Waals surface area contributed by atoms with Crippen molar-refractivity contribution >= 4 is 35.1 Å².